The first kappa shape index (κ1) is 20.9. The van der Waals surface area contributed by atoms with Crippen molar-refractivity contribution in [1.29, 1.82) is 0 Å². The van der Waals surface area contributed by atoms with Gasteiger partial charge in [-0.25, -0.2) is 8.42 Å². The molecule has 0 bridgehead atoms. The molecule has 2 amide bonds. The zero-order valence-corrected chi connectivity index (χ0v) is 17.5. The van der Waals surface area contributed by atoms with Crippen LogP contribution in [0.1, 0.15) is 29.8 Å². The van der Waals surface area contributed by atoms with Crippen LogP contribution in [0, 0.1) is 0 Å². The summed E-state index contributed by atoms with van der Waals surface area (Å²) in [6.07, 6.45) is 0.0867. The van der Waals surface area contributed by atoms with Gasteiger partial charge in [0.05, 0.1) is 28.7 Å². The molecular weight excluding hydrogens is 392 g/mol. The van der Waals surface area contributed by atoms with E-state index in [4.69, 9.17) is 4.74 Å². The van der Waals surface area contributed by atoms with Crippen LogP contribution in [0.4, 0.5) is 5.69 Å². The fourth-order valence-corrected chi connectivity index (χ4v) is 4.02. The maximum absolute atomic E-state index is 12.4. The summed E-state index contributed by atoms with van der Waals surface area (Å²) in [4.78, 5) is 26.6. The molecule has 2 aromatic carbocycles. The van der Waals surface area contributed by atoms with E-state index in [9.17, 15) is 18.0 Å². The van der Waals surface area contributed by atoms with E-state index in [1.165, 1.54) is 12.1 Å². The average molecular weight is 416 g/mol. The molecule has 7 nitrogen and oxygen atoms in total. The fourth-order valence-electron chi connectivity index (χ4n) is 2.96. The van der Waals surface area contributed by atoms with E-state index in [0.717, 1.165) is 0 Å². The van der Waals surface area contributed by atoms with Crippen molar-refractivity contribution in [3.05, 3.63) is 53.6 Å². The van der Waals surface area contributed by atoms with Gasteiger partial charge in [-0.3, -0.25) is 9.59 Å². The number of anilines is 1. The van der Waals surface area contributed by atoms with Crippen LogP contribution in [0.2, 0.25) is 0 Å². The number of nitrogens with one attached hydrogen (secondary N) is 1. The highest BCUT2D eigenvalue weighted by molar-refractivity contribution is 7.92. The van der Waals surface area contributed by atoms with E-state index in [2.05, 4.69) is 5.32 Å². The normalized spacial score (nSPS) is 14.2. The zero-order valence-electron chi connectivity index (χ0n) is 16.6. The topological polar surface area (TPSA) is 92.8 Å². The molecule has 1 N–H and O–H groups in total. The molecule has 0 aromatic heterocycles. The van der Waals surface area contributed by atoms with Crippen molar-refractivity contribution in [2.75, 3.05) is 25.5 Å². The maximum Gasteiger partial charge on any atom is 0.257 e. The third kappa shape index (κ3) is 4.59. The standard InChI is InChI=1S/C21H24N2O5S/c1-14(2)29(26,27)17-7-4-15(5-8-17)12-20(24)22-16-6-9-19-18(13-16)21(25)23(3)10-11-28-19/h4-9,13-14H,10-12H2,1-3H3,(H,22,24). The first-order valence-electron chi connectivity index (χ1n) is 9.33. The number of amides is 2. The van der Waals surface area contributed by atoms with Crippen molar-refractivity contribution in [2.45, 2.75) is 30.4 Å². The number of sulfone groups is 1. The van der Waals surface area contributed by atoms with E-state index >= 15 is 0 Å². The fraction of sp³-hybridized carbons (Fsp3) is 0.333. The Labute approximate surface area is 170 Å². The van der Waals surface area contributed by atoms with Gasteiger partial charge in [0.2, 0.25) is 5.91 Å². The summed E-state index contributed by atoms with van der Waals surface area (Å²) in [5, 5.41) is 2.27. The highest BCUT2D eigenvalue weighted by Gasteiger charge is 2.22. The van der Waals surface area contributed by atoms with E-state index < -0.39 is 15.1 Å². The molecule has 1 aliphatic rings. The van der Waals surface area contributed by atoms with Crippen LogP contribution in [0.25, 0.3) is 0 Å². The van der Waals surface area contributed by atoms with Gasteiger partial charge in [-0.15, -0.1) is 0 Å². The molecule has 0 saturated heterocycles. The van der Waals surface area contributed by atoms with Crippen LogP contribution in [0.3, 0.4) is 0 Å². The summed E-state index contributed by atoms with van der Waals surface area (Å²) in [5.74, 6) is 0.0783. The van der Waals surface area contributed by atoms with Crippen molar-refractivity contribution >= 4 is 27.3 Å². The van der Waals surface area contributed by atoms with Gasteiger partial charge in [0, 0.05) is 12.7 Å². The summed E-state index contributed by atoms with van der Waals surface area (Å²) in [7, 11) is -1.64. The summed E-state index contributed by atoms with van der Waals surface area (Å²) < 4.78 is 29.9. The number of ether oxygens (including phenoxy) is 1. The Kier molecular flexibility index (Phi) is 5.93. The van der Waals surface area contributed by atoms with Gasteiger partial charge < -0.3 is 15.0 Å². The molecule has 2 aromatic rings. The first-order chi connectivity index (χ1) is 13.7. The second-order valence-corrected chi connectivity index (χ2v) is 9.75. The Morgan fingerprint density at radius 1 is 1.17 bits per heavy atom. The molecule has 1 aliphatic heterocycles. The molecule has 1 heterocycles. The Morgan fingerprint density at radius 3 is 2.52 bits per heavy atom. The summed E-state index contributed by atoms with van der Waals surface area (Å²) in [5.41, 5.74) is 1.60. The van der Waals surface area contributed by atoms with Gasteiger partial charge in [0.25, 0.3) is 5.91 Å². The predicted octanol–water partition coefficient (Wildman–Crippen LogP) is 2.51. The monoisotopic (exact) mass is 416 g/mol. The molecule has 8 heteroatoms. The van der Waals surface area contributed by atoms with E-state index in [0.29, 0.717) is 35.7 Å². The van der Waals surface area contributed by atoms with E-state index in [1.54, 1.807) is 56.1 Å². The van der Waals surface area contributed by atoms with Gasteiger partial charge >= 0.3 is 0 Å². The number of likely N-dealkylation sites (N-methyl/N-ethyl adjacent to an activating group) is 1. The molecule has 3 rings (SSSR count). The van der Waals surface area contributed by atoms with Crippen LogP contribution in [0.5, 0.6) is 5.75 Å². The number of benzene rings is 2. The average Bonchev–Trinajstić information content (AvgIpc) is 2.81. The van der Waals surface area contributed by atoms with Gasteiger partial charge in [0.1, 0.15) is 12.4 Å². The molecule has 29 heavy (non-hydrogen) atoms. The lowest BCUT2D eigenvalue weighted by Crippen LogP contribution is -2.27. The minimum absolute atomic E-state index is 0.0867. The van der Waals surface area contributed by atoms with E-state index in [-0.39, 0.29) is 23.1 Å². The Hall–Kier alpha value is -2.87. The minimum Gasteiger partial charge on any atom is -0.491 e. The van der Waals surface area contributed by atoms with Crippen molar-refractivity contribution in [3.8, 4) is 5.75 Å². The van der Waals surface area contributed by atoms with Gasteiger partial charge in [-0.2, -0.15) is 0 Å². The highest BCUT2D eigenvalue weighted by atomic mass is 32.2. The Bertz CT molecular complexity index is 1030. The quantitative estimate of drug-likeness (QED) is 0.809. The van der Waals surface area contributed by atoms with E-state index in [1.807, 2.05) is 0 Å². The third-order valence-electron chi connectivity index (χ3n) is 4.76. The number of rotatable bonds is 5. The number of hydrogen-bond acceptors (Lipinski definition) is 5. The van der Waals surface area contributed by atoms with Gasteiger partial charge in [0.15, 0.2) is 9.84 Å². The minimum atomic E-state index is -3.34. The lowest BCUT2D eigenvalue weighted by molar-refractivity contribution is -0.115. The largest absolute Gasteiger partial charge is 0.491 e. The first-order valence-corrected chi connectivity index (χ1v) is 10.9. The highest BCUT2D eigenvalue weighted by Crippen LogP contribution is 2.26. The molecule has 0 aliphatic carbocycles. The molecule has 0 spiro atoms. The number of carbonyl (C=O) groups excluding carboxylic acids is 2. The zero-order chi connectivity index (χ0) is 21.2. The predicted molar refractivity (Wildman–Crippen MR) is 110 cm³/mol. The molecule has 0 fully saturated rings. The summed E-state index contributed by atoms with van der Waals surface area (Å²) >= 11 is 0. The number of fused-ring (bicyclic) bond motifs is 1. The molecule has 154 valence electrons. The Balaban J connectivity index is 1.70. The van der Waals surface area contributed by atoms with Gasteiger partial charge in [-0.05, 0) is 49.7 Å². The van der Waals surface area contributed by atoms with Crippen molar-refractivity contribution < 1.29 is 22.7 Å². The van der Waals surface area contributed by atoms with Crippen molar-refractivity contribution in [3.63, 3.8) is 0 Å². The van der Waals surface area contributed by atoms with Crippen LogP contribution in [0.15, 0.2) is 47.4 Å². The maximum atomic E-state index is 12.4. The number of hydrogen-bond donors (Lipinski definition) is 1. The molecule has 0 radical (unpaired) electrons. The summed E-state index contributed by atoms with van der Waals surface area (Å²) in [6, 6.07) is 11.3. The molecule has 0 saturated carbocycles. The van der Waals surface area contributed by atoms with Crippen LogP contribution >= 0.6 is 0 Å². The van der Waals surface area contributed by atoms with Crippen molar-refractivity contribution in [1.82, 2.24) is 4.90 Å². The number of carbonyl (C=O) groups is 2. The SMILES string of the molecule is CC(C)S(=O)(=O)c1ccc(CC(=O)Nc2ccc3c(c2)C(=O)N(C)CCO3)cc1. The van der Waals surface area contributed by atoms with Crippen LogP contribution in [-0.4, -0.2) is 50.6 Å². The Morgan fingerprint density at radius 2 is 1.86 bits per heavy atom. The second kappa shape index (κ2) is 8.24. The third-order valence-corrected chi connectivity index (χ3v) is 6.93. The molecule has 0 unspecified atom stereocenters. The second-order valence-electron chi connectivity index (χ2n) is 7.25. The number of nitrogens with zero attached hydrogens (tertiary/aromatic N) is 1. The molecular formula is C21H24N2O5S. The van der Waals surface area contributed by atoms with Crippen molar-refractivity contribution in [2.24, 2.45) is 0 Å². The van der Waals surface area contributed by atoms with Gasteiger partial charge in [-0.1, -0.05) is 12.1 Å². The lowest BCUT2D eigenvalue weighted by Gasteiger charge is -2.13. The lowest BCUT2D eigenvalue weighted by atomic mass is 10.1. The molecule has 0 atom stereocenters. The van der Waals surface area contributed by atoms with Crippen LogP contribution in [-0.2, 0) is 21.1 Å². The summed E-state index contributed by atoms with van der Waals surface area (Å²) in [6.45, 7) is 4.18. The smallest absolute Gasteiger partial charge is 0.257 e. The van der Waals surface area contributed by atoms with Crippen LogP contribution < -0.4 is 10.1 Å².